The Morgan fingerprint density at radius 2 is 1.67 bits per heavy atom. The molecule has 0 fully saturated rings. The first-order chi connectivity index (χ1) is 7.16. The zero-order valence-corrected chi connectivity index (χ0v) is 10.7. The molecule has 1 unspecified atom stereocenters. The molecule has 0 aromatic heterocycles. The molecule has 0 aromatic rings. The molecule has 0 heterocycles. The molecule has 1 atom stereocenters. The van der Waals surface area contributed by atoms with E-state index < -0.39 is 5.56 Å². The Balaban J connectivity index is 3.13. The number of carbonyl (C=O) groups is 1. The van der Waals surface area contributed by atoms with Crippen LogP contribution >= 0.6 is 11.6 Å². The van der Waals surface area contributed by atoms with Gasteiger partial charge in [-0.3, -0.25) is 4.79 Å². The highest BCUT2D eigenvalue weighted by Crippen LogP contribution is 2.09. The van der Waals surface area contributed by atoms with Gasteiger partial charge in [-0.2, -0.15) is 0 Å². The fourth-order valence-corrected chi connectivity index (χ4v) is 1.57. The van der Waals surface area contributed by atoms with Gasteiger partial charge in [-0.15, -0.1) is 0 Å². The summed E-state index contributed by atoms with van der Waals surface area (Å²) < 4.78 is 4.82. The maximum absolute atomic E-state index is 11.1. The Kier molecular flexibility index (Phi) is 10.1. The molecule has 0 aliphatic carbocycles. The van der Waals surface area contributed by atoms with Gasteiger partial charge in [-0.05, 0) is 13.3 Å². The van der Waals surface area contributed by atoms with E-state index in [1.807, 2.05) is 0 Å². The molecule has 0 spiro atoms. The largest absolute Gasteiger partial charge is 0.446 e. The minimum absolute atomic E-state index is 0.175. The Labute approximate surface area is 98.3 Å². The van der Waals surface area contributed by atoms with Crippen molar-refractivity contribution in [2.75, 3.05) is 0 Å². The third-order valence-electron chi connectivity index (χ3n) is 2.28. The van der Waals surface area contributed by atoms with Crippen LogP contribution < -0.4 is 0 Å². The molecule has 0 N–H and O–H groups in total. The molecule has 90 valence electrons. The Morgan fingerprint density at radius 1 is 1.13 bits per heavy atom. The summed E-state index contributed by atoms with van der Waals surface area (Å²) in [4.78, 5) is 11.1. The zero-order valence-electron chi connectivity index (χ0n) is 9.93. The fourth-order valence-electron chi connectivity index (χ4n) is 1.47. The van der Waals surface area contributed by atoms with E-state index in [9.17, 15) is 4.79 Å². The van der Waals surface area contributed by atoms with Gasteiger partial charge in [0.15, 0.2) is 5.56 Å². The average molecular weight is 235 g/mol. The molecule has 0 aliphatic rings. The summed E-state index contributed by atoms with van der Waals surface area (Å²) in [5.41, 5.74) is -0.498. The molecule has 0 aromatic carbocycles. The summed E-state index contributed by atoms with van der Waals surface area (Å²) in [6.45, 7) is 3.87. The SMILES string of the molecule is CCCCCCCCCC(=O)OC(C)Cl. The maximum atomic E-state index is 11.1. The molecular weight excluding hydrogens is 212 g/mol. The lowest BCUT2D eigenvalue weighted by Crippen LogP contribution is -2.08. The van der Waals surface area contributed by atoms with E-state index >= 15 is 0 Å². The molecule has 15 heavy (non-hydrogen) atoms. The number of esters is 1. The second-order valence-corrected chi connectivity index (χ2v) is 4.52. The third-order valence-corrected chi connectivity index (χ3v) is 2.37. The van der Waals surface area contributed by atoms with Crippen LogP contribution in [-0.4, -0.2) is 11.5 Å². The second kappa shape index (κ2) is 10.3. The average Bonchev–Trinajstić information content (AvgIpc) is 2.15. The zero-order chi connectivity index (χ0) is 11.5. The Hall–Kier alpha value is -0.240. The van der Waals surface area contributed by atoms with Crippen LogP contribution in [0.2, 0.25) is 0 Å². The van der Waals surface area contributed by atoms with Crippen molar-refractivity contribution in [3.8, 4) is 0 Å². The standard InChI is InChI=1S/C12H23ClO2/c1-3-4-5-6-7-8-9-10-12(14)15-11(2)13/h11H,3-10H2,1-2H3. The minimum atomic E-state index is -0.498. The predicted octanol–water partition coefficient (Wildman–Crippen LogP) is 4.26. The van der Waals surface area contributed by atoms with Crippen molar-refractivity contribution in [1.82, 2.24) is 0 Å². The molecule has 0 aliphatic heterocycles. The number of ether oxygens (including phenoxy) is 1. The van der Waals surface area contributed by atoms with Gasteiger partial charge in [-0.1, -0.05) is 57.0 Å². The van der Waals surface area contributed by atoms with Crippen LogP contribution in [0.5, 0.6) is 0 Å². The third kappa shape index (κ3) is 11.7. The number of halogens is 1. The van der Waals surface area contributed by atoms with E-state index in [2.05, 4.69) is 6.92 Å². The van der Waals surface area contributed by atoms with Crippen LogP contribution in [0.4, 0.5) is 0 Å². The lowest BCUT2D eigenvalue weighted by Gasteiger charge is -2.05. The monoisotopic (exact) mass is 234 g/mol. The van der Waals surface area contributed by atoms with Crippen molar-refractivity contribution in [3.63, 3.8) is 0 Å². The maximum Gasteiger partial charge on any atom is 0.307 e. The van der Waals surface area contributed by atoms with Gasteiger partial charge in [-0.25, -0.2) is 0 Å². The van der Waals surface area contributed by atoms with Crippen molar-refractivity contribution in [3.05, 3.63) is 0 Å². The summed E-state index contributed by atoms with van der Waals surface area (Å²) in [5.74, 6) is -0.175. The highest BCUT2D eigenvalue weighted by molar-refractivity contribution is 6.19. The minimum Gasteiger partial charge on any atom is -0.446 e. The lowest BCUT2D eigenvalue weighted by atomic mass is 10.1. The molecule has 0 amide bonds. The molecule has 0 radical (unpaired) electrons. The van der Waals surface area contributed by atoms with Crippen molar-refractivity contribution in [2.24, 2.45) is 0 Å². The van der Waals surface area contributed by atoms with Gasteiger partial charge in [0, 0.05) is 6.42 Å². The van der Waals surface area contributed by atoms with E-state index in [4.69, 9.17) is 16.3 Å². The van der Waals surface area contributed by atoms with Gasteiger partial charge < -0.3 is 4.74 Å². The number of unbranched alkanes of at least 4 members (excludes halogenated alkanes) is 6. The van der Waals surface area contributed by atoms with Crippen LogP contribution in [0.25, 0.3) is 0 Å². The van der Waals surface area contributed by atoms with Crippen molar-refractivity contribution >= 4 is 17.6 Å². The van der Waals surface area contributed by atoms with Crippen LogP contribution in [0.15, 0.2) is 0 Å². The number of hydrogen-bond donors (Lipinski definition) is 0. The number of rotatable bonds is 9. The summed E-state index contributed by atoms with van der Waals surface area (Å²) >= 11 is 5.53. The molecule has 3 heteroatoms. The van der Waals surface area contributed by atoms with Gasteiger partial charge >= 0.3 is 5.97 Å². The van der Waals surface area contributed by atoms with Crippen molar-refractivity contribution < 1.29 is 9.53 Å². The predicted molar refractivity (Wildman–Crippen MR) is 64.0 cm³/mol. The van der Waals surface area contributed by atoms with Crippen LogP contribution in [0.3, 0.4) is 0 Å². The summed E-state index contributed by atoms with van der Waals surface area (Å²) in [7, 11) is 0. The topological polar surface area (TPSA) is 26.3 Å². The smallest absolute Gasteiger partial charge is 0.307 e. The molecule has 0 rings (SSSR count). The van der Waals surface area contributed by atoms with E-state index in [1.165, 1.54) is 32.1 Å². The van der Waals surface area contributed by atoms with Gasteiger partial charge in [0.2, 0.25) is 0 Å². The van der Waals surface area contributed by atoms with E-state index in [0.717, 1.165) is 12.8 Å². The fraction of sp³-hybridized carbons (Fsp3) is 0.917. The molecule has 0 saturated carbocycles. The number of carbonyl (C=O) groups excluding carboxylic acids is 1. The van der Waals surface area contributed by atoms with Crippen LogP contribution in [0.1, 0.15) is 65.2 Å². The summed E-state index contributed by atoms with van der Waals surface area (Å²) in [5, 5.41) is 0. The van der Waals surface area contributed by atoms with Crippen LogP contribution in [0, 0.1) is 0 Å². The highest BCUT2D eigenvalue weighted by Gasteiger charge is 2.05. The Morgan fingerprint density at radius 3 is 2.20 bits per heavy atom. The Bertz CT molecular complexity index is 158. The molecule has 0 saturated heterocycles. The molecule has 2 nitrogen and oxygen atoms in total. The number of hydrogen-bond acceptors (Lipinski definition) is 2. The lowest BCUT2D eigenvalue weighted by molar-refractivity contribution is -0.144. The summed E-state index contributed by atoms with van der Waals surface area (Å²) in [6.07, 6.45) is 8.98. The first kappa shape index (κ1) is 14.8. The van der Waals surface area contributed by atoms with Gasteiger partial charge in [0.1, 0.15) is 0 Å². The molecule has 0 bridgehead atoms. The van der Waals surface area contributed by atoms with E-state index in [0.29, 0.717) is 6.42 Å². The summed E-state index contributed by atoms with van der Waals surface area (Å²) in [6, 6.07) is 0. The van der Waals surface area contributed by atoms with Crippen molar-refractivity contribution in [1.29, 1.82) is 0 Å². The van der Waals surface area contributed by atoms with E-state index in [-0.39, 0.29) is 5.97 Å². The number of alkyl halides is 1. The first-order valence-electron chi connectivity index (χ1n) is 6.00. The second-order valence-electron chi connectivity index (χ2n) is 3.90. The highest BCUT2D eigenvalue weighted by atomic mass is 35.5. The first-order valence-corrected chi connectivity index (χ1v) is 6.44. The van der Waals surface area contributed by atoms with E-state index in [1.54, 1.807) is 6.92 Å². The van der Waals surface area contributed by atoms with Gasteiger partial charge in [0.25, 0.3) is 0 Å². The normalized spacial score (nSPS) is 12.5. The quantitative estimate of drug-likeness (QED) is 0.339. The van der Waals surface area contributed by atoms with Crippen LogP contribution in [-0.2, 0) is 9.53 Å². The van der Waals surface area contributed by atoms with Crippen molar-refractivity contribution in [2.45, 2.75) is 70.8 Å². The van der Waals surface area contributed by atoms with Gasteiger partial charge in [0.05, 0.1) is 0 Å². The molecular formula is C12H23ClO2.